The molecule has 0 bridgehead atoms. The maximum Gasteiger partial charge on any atom is -0.0184 e. The zero-order valence-corrected chi connectivity index (χ0v) is 8.24. The Kier molecular flexibility index (Phi) is 8.81. The van der Waals surface area contributed by atoms with Gasteiger partial charge in [0.2, 0.25) is 0 Å². The lowest BCUT2D eigenvalue weighted by Crippen LogP contribution is -1.80. The number of hydrogen-bond acceptors (Lipinski definition) is 0. The van der Waals surface area contributed by atoms with Crippen LogP contribution in [0.4, 0.5) is 0 Å². The molecule has 0 saturated carbocycles. The lowest BCUT2D eigenvalue weighted by Gasteiger charge is -2.01. The lowest BCUT2D eigenvalue weighted by atomic mass is 10.0. The van der Waals surface area contributed by atoms with Crippen molar-refractivity contribution in [1.82, 2.24) is 0 Å². The first-order chi connectivity index (χ1) is 6.81. The van der Waals surface area contributed by atoms with Crippen molar-refractivity contribution in [2.45, 2.75) is 14.9 Å². The average Bonchev–Trinajstić information content (AvgIpc) is 2.26. The summed E-state index contributed by atoms with van der Waals surface area (Å²) in [5.41, 5.74) is 3.34. The van der Waals surface area contributed by atoms with Crippen LogP contribution in [-0.4, -0.2) is 0 Å². The molecule has 86 valence electrons. The smallest absolute Gasteiger partial charge is 0.0184 e. The molecule has 0 amide bonds. The van der Waals surface area contributed by atoms with Gasteiger partial charge in [0.05, 0.1) is 0 Å². The minimum atomic E-state index is 0. The van der Waals surface area contributed by atoms with E-state index in [0.717, 1.165) is 16.7 Å². The summed E-state index contributed by atoms with van der Waals surface area (Å²) in [5.74, 6) is 0. The third-order valence-corrected chi connectivity index (χ3v) is 2.00. The van der Waals surface area contributed by atoms with Gasteiger partial charge in [0, 0.05) is 0 Å². The molecule has 1 rings (SSSR count). The van der Waals surface area contributed by atoms with Gasteiger partial charge < -0.3 is 0 Å². The van der Waals surface area contributed by atoms with E-state index in [1.54, 1.807) is 6.08 Å². The minimum absolute atomic E-state index is 0. The summed E-state index contributed by atoms with van der Waals surface area (Å²) in [6.45, 7) is 11.1. The molecule has 0 aromatic heterocycles. The van der Waals surface area contributed by atoms with Gasteiger partial charge in [-0.2, -0.15) is 0 Å². The fourth-order valence-electron chi connectivity index (χ4n) is 1.22. The second-order valence-corrected chi connectivity index (χ2v) is 2.89. The quantitative estimate of drug-likeness (QED) is 0.592. The molecular formula is C16H22. The van der Waals surface area contributed by atoms with E-state index in [4.69, 9.17) is 0 Å². The average molecular weight is 214 g/mol. The van der Waals surface area contributed by atoms with E-state index in [1.165, 1.54) is 0 Å². The second kappa shape index (κ2) is 8.49. The third kappa shape index (κ3) is 4.14. The van der Waals surface area contributed by atoms with Crippen molar-refractivity contribution in [1.29, 1.82) is 0 Å². The van der Waals surface area contributed by atoms with Gasteiger partial charge in [-0.15, -0.1) is 0 Å². The minimum Gasteiger partial charge on any atom is -0.0990 e. The van der Waals surface area contributed by atoms with Crippen LogP contribution in [0, 0.1) is 0 Å². The Morgan fingerprint density at radius 2 is 1.50 bits per heavy atom. The van der Waals surface area contributed by atoms with Crippen LogP contribution < -0.4 is 0 Å². The molecule has 0 aliphatic carbocycles. The van der Waals surface area contributed by atoms with Crippen molar-refractivity contribution in [2.24, 2.45) is 0 Å². The molecule has 0 N–H and O–H groups in total. The predicted octanol–water partition coefficient (Wildman–Crippen LogP) is 5.36. The maximum atomic E-state index is 3.76. The summed E-state index contributed by atoms with van der Waals surface area (Å²) in [6.07, 6.45) is 7.35. The Morgan fingerprint density at radius 3 is 1.88 bits per heavy atom. The summed E-state index contributed by atoms with van der Waals surface area (Å²) in [4.78, 5) is 0. The first-order valence-electron chi connectivity index (χ1n) is 4.50. The van der Waals surface area contributed by atoms with Crippen LogP contribution in [0.15, 0.2) is 62.2 Å². The zero-order valence-electron chi connectivity index (χ0n) is 8.24. The molecule has 0 saturated heterocycles. The van der Waals surface area contributed by atoms with E-state index in [9.17, 15) is 0 Å². The van der Waals surface area contributed by atoms with Crippen LogP contribution >= 0.6 is 0 Å². The molecule has 0 fully saturated rings. The monoisotopic (exact) mass is 214 g/mol. The first kappa shape index (κ1) is 16.6. The standard InChI is InChI=1S/C14H14.2CH4/c1-4-7-13(6-3)14-10-8-12(5-2)9-11-14;;/h4-11H,1-3H2;2*1H4/b13-7+;;. The molecular weight excluding hydrogens is 192 g/mol. The molecule has 16 heavy (non-hydrogen) atoms. The second-order valence-electron chi connectivity index (χ2n) is 2.89. The van der Waals surface area contributed by atoms with Gasteiger partial charge in [-0.3, -0.25) is 0 Å². The Hall–Kier alpha value is -1.82. The van der Waals surface area contributed by atoms with Crippen molar-refractivity contribution >= 4 is 11.6 Å². The molecule has 0 unspecified atom stereocenters. The van der Waals surface area contributed by atoms with Gasteiger partial charge in [0.25, 0.3) is 0 Å². The Balaban J connectivity index is 0. The third-order valence-electron chi connectivity index (χ3n) is 2.00. The number of rotatable bonds is 4. The molecule has 0 aliphatic heterocycles. The Morgan fingerprint density at radius 1 is 0.938 bits per heavy atom. The van der Waals surface area contributed by atoms with E-state index in [0.29, 0.717) is 0 Å². The van der Waals surface area contributed by atoms with E-state index < -0.39 is 0 Å². The van der Waals surface area contributed by atoms with Crippen LogP contribution in [0.25, 0.3) is 11.6 Å². The fourth-order valence-corrected chi connectivity index (χ4v) is 1.22. The Labute approximate surface area is 100 Å². The highest BCUT2D eigenvalue weighted by Gasteiger charge is 1.94. The molecule has 0 aliphatic rings. The predicted molar refractivity (Wildman–Crippen MR) is 78.4 cm³/mol. The van der Waals surface area contributed by atoms with Gasteiger partial charge in [-0.25, -0.2) is 0 Å². The van der Waals surface area contributed by atoms with E-state index in [2.05, 4.69) is 19.7 Å². The maximum absolute atomic E-state index is 3.76. The lowest BCUT2D eigenvalue weighted by molar-refractivity contribution is 1.59. The van der Waals surface area contributed by atoms with Crippen LogP contribution in [0.5, 0.6) is 0 Å². The van der Waals surface area contributed by atoms with Crippen molar-refractivity contribution in [3.8, 4) is 0 Å². The summed E-state index contributed by atoms with van der Waals surface area (Å²) >= 11 is 0. The fraction of sp³-hybridized carbons (Fsp3) is 0.125. The highest BCUT2D eigenvalue weighted by Crippen LogP contribution is 2.16. The first-order valence-corrected chi connectivity index (χ1v) is 4.50. The number of benzene rings is 1. The number of allylic oxidation sites excluding steroid dienone is 4. The molecule has 0 radical (unpaired) electrons. The van der Waals surface area contributed by atoms with Gasteiger partial charge in [-0.1, -0.05) is 83.2 Å². The highest BCUT2D eigenvalue weighted by atomic mass is 14.0. The molecule has 0 atom stereocenters. The highest BCUT2D eigenvalue weighted by molar-refractivity contribution is 5.75. The Bertz CT molecular complexity index is 364. The largest absolute Gasteiger partial charge is 0.0990 e. The van der Waals surface area contributed by atoms with Gasteiger partial charge >= 0.3 is 0 Å². The van der Waals surface area contributed by atoms with Crippen molar-refractivity contribution in [2.75, 3.05) is 0 Å². The zero-order chi connectivity index (χ0) is 10.4. The van der Waals surface area contributed by atoms with Gasteiger partial charge in [-0.05, 0) is 16.7 Å². The summed E-state index contributed by atoms with van der Waals surface area (Å²) < 4.78 is 0. The molecule has 0 nitrogen and oxygen atoms in total. The van der Waals surface area contributed by atoms with E-state index >= 15 is 0 Å². The van der Waals surface area contributed by atoms with Crippen molar-refractivity contribution < 1.29 is 0 Å². The van der Waals surface area contributed by atoms with Crippen molar-refractivity contribution in [3.63, 3.8) is 0 Å². The molecule has 1 aromatic carbocycles. The van der Waals surface area contributed by atoms with E-state index in [-0.39, 0.29) is 14.9 Å². The van der Waals surface area contributed by atoms with Crippen LogP contribution in [0.2, 0.25) is 0 Å². The van der Waals surface area contributed by atoms with Crippen LogP contribution in [0.1, 0.15) is 26.0 Å². The summed E-state index contributed by atoms with van der Waals surface area (Å²) in [7, 11) is 0. The SMILES string of the molecule is C.C.C=C/C=C(\C=C)c1ccc(C=C)cc1. The number of hydrogen-bond donors (Lipinski definition) is 0. The molecule has 0 heteroatoms. The van der Waals surface area contributed by atoms with Gasteiger partial charge in [0.15, 0.2) is 0 Å². The molecule has 0 spiro atoms. The molecule has 0 heterocycles. The topological polar surface area (TPSA) is 0 Å². The molecule has 1 aromatic rings. The van der Waals surface area contributed by atoms with Crippen LogP contribution in [-0.2, 0) is 0 Å². The van der Waals surface area contributed by atoms with E-state index in [1.807, 2.05) is 42.5 Å². The van der Waals surface area contributed by atoms with Crippen LogP contribution in [0.3, 0.4) is 0 Å². The summed E-state index contributed by atoms with van der Waals surface area (Å²) in [6, 6.07) is 8.16. The summed E-state index contributed by atoms with van der Waals surface area (Å²) in [5, 5.41) is 0. The van der Waals surface area contributed by atoms with Gasteiger partial charge in [0.1, 0.15) is 0 Å². The van der Waals surface area contributed by atoms with Crippen molar-refractivity contribution in [3.05, 3.63) is 73.4 Å². The normalized spacial score (nSPS) is 9.38.